The summed E-state index contributed by atoms with van der Waals surface area (Å²) in [4.78, 5) is 12.0. The first kappa shape index (κ1) is 11.2. The first-order valence-corrected chi connectivity index (χ1v) is 5.98. The molecule has 0 atom stereocenters. The number of para-hydroxylation sites is 1. The summed E-state index contributed by atoms with van der Waals surface area (Å²) < 4.78 is 0. The smallest absolute Gasteiger partial charge is 0.139 e. The first-order chi connectivity index (χ1) is 7.68. The zero-order chi connectivity index (χ0) is 11.6. The number of Topliss-reactive ketones (excluding diaryl/α,β-unsaturated/α-hetero) is 1. The van der Waals surface area contributed by atoms with Crippen molar-refractivity contribution in [2.45, 2.75) is 39.0 Å². The number of carbonyl (C=O) groups is 1. The Labute approximate surface area is 96.3 Å². The molecule has 1 aliphatic rings. The zero-order valence-electron chi connectivity index (χ0n) is 9.70. The quantitative estimate of drug-likeness (QED) is 0.824. The largest absolute Gasteiger partial charge is 0.508 e. The SMILES string of the molecule is CCC1(C(=O)CCc2ccccc2O)CC1. The molecule has 1 aliphatic carbocycles. The Kier molecular flexibility index (Phi) is 2.99. The Morgan fingerprint density at radius 1 is 1.38 bits per heavy atom. The lowest BCUT2D eigenvalue weighted by Gasteiger charge is -2.11. The average Bonchev–Trinajstić information content (AvgIpc) is 3.08. The lowest BCUT2D eigenvalue weighted by atomic mass is 9.93. The molecule has 16 heavy (non-hydrogen) atoms. The van der Waals surface area contributed by atoms with E-state index in [0.717, 1.165) is 24.8 Å². The van der Waals surface area contributed by atoms with E-state index in [1.54, 1.807) is 12.1 Å². The standard InChI is InChI=1S/C14H18O2/c1-2-14(9-10-14)13(16)8-7-11-5-3-4-6-12(11)15/h3-6,15H,2,7-10H2,1H3. The van der Waals surface area contributed by atoms with Gasteiger partial charge in [0.2, 0.25) is 0 Å². The minimum absolute atomic E-state index is 0.00436. The Bertz CT molecular complexity index is 391. The van der Waals surface area contributed by atoms with Gasteiger partial charge in [-0.2, -0.15) is 0 Å². The van der Waals surface area contributed by atoms with Crippen LogP contribution in [0.2, 0.25) is 0 Å². The normalized spacial score (nSPS) is 17.1. The molecule has 2 nitrogen and oxygen atoms in total. The van der Waals surface area contributed by atoms with Crippen molar-refractivity contribution in [3.8, 4) is 5.75 Å². The molecule has 1 fully saturated rings. The van der Waals surface area contributed by atoms with Gasteiger partial charge >= 0.3 is 0 Å². The van der Waals surface area contributed by atoms with E-state index in [1.165, 1.54) is 0 Å². The van der Waals surface area contributed by atoms with Gasteiger partial charge in [0.1, 0.15) is 11.5 Å². The third kappa shape index (κ3) is 2.11. The summed E-state index contributed by atoms with van der Waals surface area (Å²) in [5, 5.41) is 9.59. The monoisotopic (exact) mass is 218 g/mol. The Balaban J connectivity index is 1.93. The fraction of sp³-hybridized carbons (Fsp3) is 0.500. The molecule has 1 aromatic carbocycles. The maximum Gasteiger partial charge on any atom is 0.139 e. The number of aryl methyl sites for hydroxylation is 1. The van der Waals surface area contributed by atoms with Crippen LogP contribution >= 0.6 is 0 Å². The minimum Gasteiger partial charge on any atom is -0.508 e. The molecule has 1 saturated carbocycles. The van der Waals surface area contributed by atoms with Gasteiger partial charge in [0, 0.05) is 11.8 Å². The van der Waals surface area contributed by atoms with E-state index in [-0.39, 0.29) is 5.41 Å². The van der Waals surface area contributed by atoms with Gasteiger partial charge in [0.15, 0.2) is 0 Å². The summed E-state index contributed by atoms with van der Waals surface area (Å²) in [5.41, 5.74) is 0.882. The zero-order valence-corrected chi connectivity index (χ0v) is 9.70. The highest BCUT2D eigenvalue weighted by Gasteiger charge is 2.46. The van der Waals surface area contributed by atoms with Crippen molar-refractivity contribution in [2.75, 3.05) is 0 Å². The third-order valence-corrected chi connectivity index (χ3v) is 3.73. The van der Waals surface area contributed by atoms with Crippen molar-refractivity contribution < 1.29 is 9.90 Å². The van der Waals surface area contributed by atoms with Crippen LogP contribution in [0.25, 0.3) is 0 Å². The molecular formula is C14H18O2. The molecule has 1 aromatic rings. The van der Waals surface area contributed by atoms with Crippen LogP contribution in [0.15, 0.2) is 24.3 Å². The van der Waals surface area contributed by atoms with Gasteiger partial charge in [-0.15, -0.1) is 0 Å². The van der Waals surface area contributed by atoms with E-state index in [2.05, 4.69) is 6.92 Å². The van der Waals surface area contributed by atoms with Crippen molar-refractivity contribution in [3.05, 3.63) is 29.8 Å². The molecule has 2 rings (SSSR count). The molecule has 0 heterocycles. The summed E-state index contributed by atoms with van der Waals surface area (Å²) in [6.45, 7) is 2.09. The van der Waals surface area contributed by atoms with Crippen molar-refractivity contribution in [2.24, 2.45) is 5.41 Å². The van der Waals surface area contributed by atoms with E-state index in [1.807, 2.05) is 12.1 Å². The molecule has 0 unspecified atom stereocenters. The molecule has 0 aliphatic heterocycles. The van der Waals surface area contributed by atoms with Crippen LogP contribution < -0.4 is 0 Å². The second kappa shape index (κ2) is 4.28. The highest BCUT2D eigenvalue weighted by molar-refractivity contribution is 5.87. The number of ketones is 1. The second-order valence-corrected chi connectivity index (χ2v) is 4.69. The van der Waals surface area contributed by atoms with Crippen LogP contribution in [0.1, 0.15) is 38.2 Å². The van der Waals surface area contributed by atoms with Crippen LogP contribution in [0.5, 0.6) is 5.75 Å². The molecule has 0 aromatic heterocycles. The highest BCUT2D eigenvalue weighted by Crippen LogP contribution is 2.50. The first-order valence-electron chi connectivity index (χ1n) is 5.98. The number of hydrogen-bond acceptors (Lipinski definition) is 2. The number of carbonyl (C=O) groups excluding carboxylic acids is 1. The van der Waals surface area contributed by atoms with Crippen LogP contribution in [0, 0.1) is 5.41 Å². The molecule has 0 spiro atoms. The average molecular weight is 218 g/mol. The molecule has 0 amide bonds. The summed E-state index contributed by atoms with van der Waals surface area (Å²) in [6.07, 6.45) is 4.30. The predicted octanol–water partition coefficient (Wildman–Crippen LogP) is 3.08. The summed E-state index contributed by atoms with van der Waals surface area (Å²) in [7, 11) is 0. The number of phenolic OH excluding ortho intramolecular Hbond substituents is 1. The van der Waals surface area contributed by atoms with Gasteiger partial charge in [0.25, 0.3) is 0 Å². The maximum atomic E-state index is 12.0. The van der Waals surface area contributed by atoms with E-state index < -0.39 is 0 Å². The molecule has 2 heteroatoms. The fourth-order valence-electron chi connectivity index (χ4n) is 2.22. The lowest BCUT2D eigenvalue weighted by molar-refractivity contribution is -0.124. The number of hydrogen-bond donors (Lipinski definition) is 1. The topological polar surface area (TPSA) is 37.3 Å². The Hall–Kier alpha value is -1.31. The number of rotatable bonds is 5. The molecule has 1 N–H and O–H groups in total. The maximum absolute atomic E-state index is 12.0. The molecule has 0 bridgehead atoms. The lowest BCUT2D eigenvalue weighted by Crippen LogP contribution is -2.15. The second-order valence-electron chi connectivity index (χ2n) is 4.69. The van der Waals surface area contributed by atoms with Crippen LogP contribution in [0.3, 0.4) is 0 Å². The predicted molar refractivity (Wildman–Crippen MR) is 63.4 cm³/mol. The summed E-state index contributed by atoms with van der Waals surface area (Å²) >= 11 is 0. The van der Waals surface area contributed by atoms with Crippen LogP contribution in [0.4, 0.5) is 0 Å². The van der Waals surface area contributed by atoms with Crippen molar-refractivity contribution >= 4 is 5.78 Å². The summed E-state index contributed by atoms with van der Waals surface area (Å²) in [5.74, 6) is 0.676. The van der Waals surface area contributed by atoms with Gasteiger partial charge in [-0.05, 0) is 37.3 Å². The minimum atomic E-state index is 0.00436. The van der Waals surface area contributed by atoms with Crippen molar-refractivity contribution in [1.82, 2.24) is 0 Å². The molecule has 0 radical (unpaired) electrons. The van der Waals surface area contributed by atoms with E-state index in [0.29, 0.717) is 24.4 Å². The van der Waals surface area contributed by atoms with Crippen molar-refractivity contribution in [3.63, 3.8) is 0 Å². The van der Waals surface area contributed by atoms with Gasteiger partial charge < -0.3 is 5.11 Å². The van der Waals surface area contributed by atoms with Gasteiger partial charge in [-0.3, -0.25) is 4.79 Å². The van der Waals surface area contributed by atoms with Gasteiger partial charge in [-0.1, -0.05) is 25.1 Å². The van der Waals surface area contributed by atoms with Crippen LogP contribution in [-0.2, 0) is 11.2 Å². The molecular weight excluding hydrogens is 200 g/mol. The van der Waals surface area contributed by atoms with Crippen LogP contribution in [-0.4, -0.2) is 10.9 Å². The van der Waals surface area contributed by atoms with Gasteiger partial charge in [0.05, 0.1) is 0 Å². The fourth-order valence-corrected chi connectivity index (χ4v) is 2.22. The van der Waals surface area contributed by atoms with E-state index in [4.69, 9.17) is 0 Å². The molecule has 86 valence electrons. The third-order valence-electron chi connectivity index (χ3n) is 3.73. The Morgan fingerprint density at radius 2 is 2.06 bits per heavy atom. The number of benzene rings is 1. The Morgan fingerprint density at radius 3 is 2.62 bits per heavy atom. The summed E-state index contributed by atoms with van der Waals surface area (Å²) in [6, 6.07) is 7.25. The van der Waals surface area contributed by atoms with Crippen molar-refractivity contribution in [1.29, 1.82) is 0 Å². The number of aromatic hydroxyl groups is 1. The molecule has 0 saturated heterocycles. The van der Waals surface area contributed by atoms with Gasteiger partial charge in [-0.25, -0.2) is 0 Å². The number of phenols is 1. The van der Waals surface area contributed by atoms with E-state index >= 15 is 0 Å². The van der Waals surface area contributed by atoms with E-state index in [9.17, 15) is 9.90 Å². The highest BCUT2D eigenvalue weighted by atomic mass is 16.3.